The zero-order valence-electron chi connectivity index (χ0n) is 12.0. The van der Waals surface area contributed by atoms with Crippen LogP contribution in [0.25, 0.3) is 0 Å². The van der Waals surface area contributed by atoms with Crippen LogP contribution in [-0.4, -0.2) is 16.7 Å². The highest BCUT2D eigenvalue weighted by Crippen LogP contribution is 2.32. The molecule has 1 unspecified atom stereocenters. The molecule has 3 rings (SSSR count). The van der Waals surface area contributed by atoms with Crippen molar-refractivity contribution in [1.29, 1.82) is 0 Å². The lowest BCUT2D eigenvalue weighted by atomic mass is 9.95. The second-order valence-electron chi connectivity index (χ2n) is 5.41. The number of hydrogen-bond acceptors (Lipinski definition) is 6. The second-order valence-corrected chi connectivity index (χ2v) is 5.41. The highest BCUT2D eigenvalue weighted by atomic mass is 16.5. The molecule has 0 aliphatic carbocycles. The van der Waals surface area contributed by atoms with E-state index in [0.717, 1.165) is 25.9 Å². The topological polar surface area (TPSA) is 83.4 Å². The first-order valence-electron chi connectivity index (χ1n) is 7.11. The Labute approximate surface area is 123 Å². The van der Waals surface area contributed by atoms with E-state index < -0.39 is 5.60 Å². The maximum absolute atomic E-state index is 5.80. The largest absolute Gasteiger partial charge is 0.484 e. The van der Waals surface area contributed by atoms with E-state index in [1.807, 2.05) is 19.1 Å². The molecule has 0 amide bonds. The molecule has 1 fully saturated rings. The van der Waals surface area contributed by atoms with Crippen molar-refractivity contribution in [3.8, 4) is 5.75 Å². The molecule has 6 nitrogen and oxygen atoms in total. The van der Waals surface area contributed by atoms with Crippen molar-refractivity contribution in [3.05, 3.63) is 36.0 Å². The van der Waals surface area contributed by atoms with Crippen molar-refractivity contribution >= 4 is 5.69 Å². The summed E-state index contributed by atoms with van der Waals surface area (Å²) in [5, 5.41) is 4.03. The third kappa shape index (κ3) is 3.16. The lowest BCUT2D eigenvalue weighted by Gasteiger charge is -2.30. The Balaban J connectivity index is 1.65. The zero-order valence-corrected chi connectivity index (χ0v) is 12.0. The predicted molar refractivity (Wildman–Crippen MR) is 76.6 cm³/mol. The molecule has 1 saturated heterocycles. The average Bonchev–Trinajstić information content (AvgIpc) is 2.96. The lowest BCUT2D eigenvalue weighted by molar-refractivity contribution is -0.0770. The predicted octanol–water partition coefficient (Wildman–Crippen LogP) is 2.65. The van der Waals surface area contributed by atoms with Gasteiger partial charge in [-0.15, -0.1) is 0 Å². The van der Waals surface area contributed by atoms with Crippen LogP contribution in [-0.2, 0) is 16.9 Å². The maximum atomic E-state index is 5.80. The van der Waals surface area contributed by atoms with Gasteiger partial charge in [-0.25, -0.2) is 0 Å². The van der Waals surface area contributed by atoms with Crippen molar-refractivity contribution in [2.24, 2.45) is 0 Å². The van der Waals surface area contributed by atoms with E-state index >= 15 is 0 Å². The molecule has 1 aliphatic rings. The third-order valence-corrected chi connectivity index (χ3v) is 3.63. The lowest BCUT2D eigenvalue weighted by Crippen LogP contribution is -2.31. The molecule has 1 aliphatic heterocycles. The Bertz CT molecular complexity index is 606. The van der Waals surface area contributed by atoms with Gasteiger partial charge in [-0.3, -0.25) is 0 Å². The van der Waals surface area contributed by atoms with Gasteiger partial charge in [0.15, 0.2) is 6.61 Å². The number of aromatic nitrogens is 2. The first-order chi connectivity index (χ1) is 10.2. The SMILES string of the molecule is CC1(c2noc(COc3cccc(N)c3)n2)CCCCO1. The van der Waals surface area contributed by atoms with E-state index in [4.69, 9.17) is 19.7 Å². The summed E-state index contributed by atoms with van der Waals surface area (Å²) in [6.45, 7) is 2.95. The van der Waals surface area contributed by atoms with Gasteiger partial charge in [0.05, 0.1) is 0 Å². The summed E-state index contributed by atoms with van der Waals surface area (Å²) < 4.78 is 16.6. The fourth-order valence-corrected chi connectivity index (χ4v) is 2.39. The molecule has 0 radical (unpaired) electrons. The van der Waals surface area contributed by atoms with Gasteiger partial charge in [-0.2, -0.15) is 4.98 Å². The highest BCUT2D eigenvalue weighted by Gasteiger charge is 2.34. The molecule has 0 bridgehead atoms. The van der Waals surface area contributed by atoms with Crippen LogP contribution in [0.1, 0.15) is 37.9 Å². The Morgan fingerprint density at radius 1 is 1.38 bits per heavy atom. The van der Waals surface area contributed by atoms with Gasteiger partial charge >= 0.3 is 0 Å². The molecular formula is C15H19N3O3. The molecule has 2 aromatic rings. The number of hydrogen-bond donors (Lipinski definition) is 1. The monoisotopic (exact) mass is 289 g/mol. The molecular weight excluding hydrogens is 270 g/mol. The summed E-state index contributed by atoms with van der Waals surface area (Å²) in [7, 11) is 0. The van der Waals surface area contributed by atoms with Crippen LogP contribution in [0.5, 0.6) is 5.75 Å². The highest BCUT2D eigenvalue weighted by molar-refractivity contribution is 5.43. The number of benzene rings is 1. The van der Waals surface area contributed by atoms with Gasteiger partial charge in [-0.1, -0.05) is 11.2 Å². The van der Waals surface area contributed by atoms with Gasteiger partial charge in [0.25, 0.3) is 5.89 Å². The van der Waals surface area contributed by atoms with Gasteiger partial charge < -0.3 is 19.7 Å². The number of rotatable bonds is 4. The van der Waals surface area contributed by atoms with Crippen molar-refractivity contribution in [3.63, 3.8) is 0 Å². The van der Waals surface area contributed by atoms with Gasteiger partial charge in [-0.05, 0) is 38.3 Å². The van der Waals surface area contributed by atoms with Gasteiger partial charge in [0, 0.05) is 18.4 Å². The Hall–Kier alpha value is -2.08. The minimum Gasteiger partial charge on any atom is -0.484 e. The van der Waals surface area contributed by atoms with E-state index in [9.17, 15) is 0 Å². The fraction of sp³-hybridized carbons (Fsp3) is 0.467. The molecule has 112 valence electrons. The van der Waals surface area contributed by atoms with E-state index in [2.05, 4.69) is 10.1 Å². The second kappa shape index (κ2) is 5.73. The van der Waals surface area contributed by atoms with Crippen LogP contribution in [0.15, 0.2) is 28.8 Å². The summed E-state index contributed by atoms with van der Waals surface area (Å²) in [6, 6.07) is 7.22. The summed E-state index contributed by atoms with van der Waals surface area (Å²) >= 11 is 0. The van der Waals surface area contributed by atoms with E-state index in [0.29, 0.717) is 23.2 Å². The van der Waals surface area contributed by atoms with E-state index in [1.54, 1.807) is 12.1 Å². The molecule has 0 spiro atoms. The maximum Gasteiger partial charge on any atom is 0.264 e. The number of nitrogens with zero attached hydrogens (tertiary/aromatic N) is 2. The van der Waals surface area contributed by atoms with Crippen LogP contribution in [0.3, 0.4) is 0 Å². The number of nitrogens with two attached hydrogens (primary N) is 1. The molecule has 2 N–H and O–H groups in total. The minimum absolute atomic E-state index is 0.215. The number of ether oxygens (including phenoxy) is 2. The van der Waals surface area contributed by atoms with Crippen molar-refractivity contribution in [2.75, 3.05) is 12.3 Å². The average molecular weight is 289 g/mol. The van der Waals surface area contributed by atoms with Crippen LogP contribution >= 0.6 is 0 Å². The summed E-state index contributed by atoms with van der Waals surface area (Å²) in [5.74, 6) is 1.70. The Morgan fingerprint density at radius 3 is 3.05 bits per heavy atom. The first kappa shape index (κ1) is 13.9. The molecule has 2 heterocycles. The number of anilines is 1. The van der Waals surface area contributed by atoms with Crippen molar-refractivity contribution in [2.45, 2.75) is 38.4 Å². The van der Waals surface area contributed by atoms with Crippen molar-refractivity contribution in [1.82, 2.24) is 10.1 Å². The molecule has 0 saturated carbocycles. The van der Waals surface area contributed by atoms with Gasteiger partial charge in [0.2, 0.25) is 5.82 Å². The molecule has 21 heavy (non-hydrogen) atoms. The Morgan fingerprint density at radius 2 is 2.29 bits per heavy atom. The zero-order chi connectivity index (χ0) is 14.7. The smallest absolute Gasteiger partial charge is 0.264 e. The molecule has 1 aromatic heterocycles. The standard InChI is InChI=1S/C15H19N3O3/c1-15(7-2-3-8-20-15)14-17-13(21-18-14)10-19-12-6-4-5-11(16)9-12/h4-6,9H,2-3,7-8,10,16H2,1H3. The van der Waals surface area contributed by atoms with Crippen LogP contribution in [0.2, 0.25) is 0 Å². The van der Waals surface area contributed by atoms with Crippen molar-refractivity contribution < 1.29 is 14.0 Å². The fourth-order valence-electron chi connectivity index (χ4n) is 2.39. The summed E-state index contributed by atoms with van der Waals surface area (Å²) in [4.78, 5) is 4.38. The van der Waals surface area contributed by atoms with Crippen LogP contribution in [0, 0.1) is 0 Å². The summed E-state index contributed by atoms with van der Waals surface area (Å²) in [5.41, 5.74) is 5.91. The van der Waals surface area contributed by atoms with Crippen LogP contribution < -0.4 is 10.5 Å². The molecule has 1 atom stereocenters. The van der Waals surface area contributed by atoms with Gasteiger partial charge in [0.1, 0.15) is 11.4 Å². The minimum atomic E-state index is -0.447. The van der Waals surface area contributed by atoms with Crippen LogP contribution in [0.4, 0.5) is 5.69 Å². The van der Waals surface area contributed by atoms with E-state index in [1.165, 1.54) is 0 Å². The third-order valence-electron chi connectivity index (χ3n) is 3.63. The first-order valence-corrected chi connectivity index (χ1v) is 7.11. The molecule has 6 heteroatoms. The number of nitrogen functional groups attached to an aromatic ring is 1. The normalized spacial score (nSPS) is 22.1. The van der Waals surface area contributed by atoms with E-state index in [-0.39, 0.29) is 6.61 Å². The quantitative estimate of drug-likeness (QED) is 0.871. The summed E-state index contributed by atoms with van der Waals surface area (Å²) in [6.07, 6.45) is 3.10. The molecule has 1 aromatic carbocycles. The Kier molecular flexibility index (Phi) is 3.79.